The average molecular weight is 432 g/mol. The number of rotatable bonds is 6. The van der Waals surface area contributed by atoms with Gasteiger partial charge in [0.25, 0.3) is 0 Å². The van der Waals surface area contributed by atoms with Gasteiger partial charge in [-0.3, -0.25) is 4.79 Å². The van der Waals surface area contributed by atoms with Gasteiger partial charge in [-0.15, -0.1) is 0 Å². The molecular formula is C25H20O7. The van der Waals surface area contributed by atoms with Crippen LogP contribution in [-0.4, -0.2) is 33.1 Å². The van der Waals surface area contributed by atoms with E-state index in [1.54, 1.807) is 74.9 Å². The standard InChI is InChI=1S/C25H20O7/c1-28-17-7-5-16(6-8-17)25(27)31-18-9-10-19-21(14-18)32-23(24(19)26)13-15-4-11-20(29-2)22(12-15)30-3/h4-14H,1-3H3/b23-13-. The SMILES string of the molecule is COc1ccc(C(=O)Oc2ccc3c(c2)O/C(=C\c2ccc(OC)c(OC)c2)C3=O)cc1. The molecule has 0 bridgehead atoms. The van der Waals surface area contributed by atoms with Gasteiger partial charge in [0.1, 0.15) is 17.2 Å². The van der Waals surface area contributed by atoms with Crippen molar-refractivity contribution in [1.82, 2.24) is 0 Å². The molecule has 3 aromatic carbocycles. The van der Waals surface area contributed by atoms with Crippen LogP contribution < -0.4 is 23.7 Å². The molecule has 32 heavy (non-hydrogen) atoms. The number of esters is 1. The zero-order valence-corrected chi connectivity index (χ0v) is 17.7. The van der Waals surface area contributed by atoms with E-state index in [1.807, 2.05) is 0 Å². The summed E-state index contributed by atoms with van der Waals surface area (Å²) in [7, 11) is 4.64. The molecule has 0 atom stereocenters. The molecule has 1 heterocycles. The molecule has 0 saturated heterocycles. The van der Waals surface area contributed by atoms with Crippen molar-refractivity contribution in [3.05, 3.63) is 83.1 Å². The van der Waals surface area contributed by atoms with E-state index in [2.05, 4.69) is 0 Å². The van der Waals surface area contributed by atoms with E-state index in [1.165, 1.54) is 13.2 Å². The lowest BCUT2D eigenvalue weighted by Gasteiger charge is -2.08. The van der Waals surface area contributed by atoms with Gasteiger partial charge in [0, 0.05) is 6.07 Å². The maximum Gasteiger partial charge on any atom is 0.343 e. The molecule has 0 N–H and O–H groups in total. The fraction of sp³-hybridized carbons (Fsp3) is 0.120. The van der Waals surface area contributed by atoms with Gasteiger partial charge < -0.3 is 23.7 Å². The van der Waals surface area contributed by atoms with Gasteiger partial charge in [0.05, 0.1) is 32.5 Å². The fourth-order valence-electron chi connectivity index (χ4n) is 3.22. The van der Waals surface area contributed by atoms with Crippen LogP contribution in [-0.2, 0) is 0 Å². The lowest BCUT2D eigenvalue weighted by Crippen LogP contribution is -2.08. The van der Waals surface area contributed by atoms with Crippen LogP contribution >= 0.6 is 0 Å². The first kappa shape index (κ1) is 21.0. The Balaban J connectivity index is 1.53. The van der Waals surface area contributed by atoms with Gasteiger partial charge in [-0.05, 0) is 60.2 Å². The van der Waals surface area contributed by atoms with Crippen molar-refractivity contribution < 1.29 is 33.3 Å². The molecule has 0 saturated carbocycles. The normalized spacial score (nSPS) is 13.3. The summed E-state index contributed by atoms with van der Waals surface area (Å²) in [4.78, 5) is 25.1. The van der Waals surface area contributed by atoms with Gasteiger partial charge >= 0.3 is 5.97 Å². The summed E-state index contributed by atoms with van der Waals surface area (Å²) < 4.78 is 26.8. The van der Waals surface area contributed by atoms with Crippen molar-refractivity contribution in [1.29, 1.82) is 0 Å². The maximum atomic E-state index is 12.7. The maximum absolute atomic E-state index is 12.7. The number of hydrogen-bond acceptors (Lipinski definition) is 7. The zero-order valence-electron chi connectivity index (χ0n) is 17.7. The summed E-state index contributed by atoms with van der Waals surface area (Å²) in [6, 6.07) is 16.5. The van der Waals surface area contributed by atoms with Gasteiger partial charge in [-0.25, -0.2) is 4.79 Å². The predicted molar refractivity (Wildman–Crippen MR) is 117 cm³/mol. The number of carbonyl (C=O) groups is 2. The second-order valence-electron chi connectivity index (χ2n) is 6.83. The largest absolute Gasteiger partial charge is 0.497 e. The number of hydrogen-bond donors (Lipinski definition) is 0. The second kappa shape index (κ2) is 8.85. The molecule has 0 unspecified atom stereocenters. The summed E-state index contributed by atoms with van der Waals surface area (Å²) in [5.41, 5.74) is 1.48. The van der Waals surface area contributed by atoms with Crippen LogP contribution in [0, 0.1) is 0 Å². The highest BCUT2D eigenvalue weighted by atomic mass is 16.5. The van der Waals surface area contributed by atoms with Gasteiger partial charge in [-0.1, -0.05) is 6.07 Å². The van der Waals surface area contributed by atoms with E-state index in [0.29, 0.717) is 39.7 Å². The topological polar surface area (TPSA) is 80.3 Å². The molecule has 0 amide bonds. The molecule has 0 radical (unpaired) electrons. The Morgan fingerprint density at radius 2 is 1.53 bits per heavy atom. The number of fused-ring (bicyclic) bond motifs is 1. The van der Waals surface area contributed by atoms with Crippen molar-refractivity contribution in [3.63, 3.8) is 0 Å². The zero-order chi connectivity index (χ0) is 22.7. The Labute approximate surface area is 184 Å². The van der Waals surface area contributed by atoms with Crippen molar-refractivity contribution in [2.75, 3.05) is 21.3 Å². The molecule has 0 fully saturated rings. The third-order valence-corrected chi connectivity index (χ3v) is 4.88. The molecular weight excluding hydrogens is 412 g/mol. The third kappa shape index (κ3) is 4.13. The Morgan fingerprint density at radius 3 is 2.22 bits per heavy atom. The van der Waals surface area contributed by atoms with Crippen molar-refractivity contribution in [3.8, 4) is 28.7 Å². The van der Waals surface area contributed by atoms with Crippen LogP contribution in [0.3, 0.4) is 0 Å². The molecule has 0 aliphatic carbocycles. The third-order valence-electron chi connectivity index (χ3n) is 4.88. The number of methoxy groups -OCH3 is 3. The highest BCUT2D eigenvalue weighted by molar-refractivity contribution is 6.14. The highest BCUT2D eigenvalue weighted by Gasteiger charge is 2.28. The highest BCUT2D eigenvalue weighted by Crippen LogP contribution is 2.36. The summed E-state index contributed by atoms with van der Waals surface area (Å²) >= 11 is 0. The Kier molecular flexibility index (Phi) is 5.81. The van der Waals surface area contributed by atoms with E-state index >= 15 is 0 Å². The molecule has 162 valence electrons. The smallest absolute Gasteiger partial charge is 0.343 e. The van der Waals surface area contributed by atoms with E-state index in [-0.39, 0.29) is 17.3 Å². The van der Waals surface area contributed by atoms with Crippen LogP contribution in [0.15, 0.2) is 66.4 Å². The average Bonchev–Trinajstić information content (AvgIpc) is 3.13. The Morgan fingerprint density at radius 1 is 0.812 bits per heavy atom. The van der Waals surface area contributed by atoms with Crippen molar-refractivity contribution in [2.45, 2.75) is 0 Å². The molecule has 0 spiro atoms. The number of allylic oxidation sites excluding steroid dienone is 1. The Hall–Kier alpha value is -4.26. The van der Waals surface area contributed by atoms with Crippen LogP contribution in [0.5, 0.6) is 28.7 Å². The summed E-state index contributed by atoms with van der Waals surface area (Å²) in [6.07, 6.45) is 1.62. The number of benzene rings is 3. The van der Waals surface area contributed by atoms with Gasteiger partial charge in [-0.2, -0.15) is 0 Å². The molecule has 1 aliphatic heterocycles. The molecule has 3 aromatic rings. The molecule has 7 nitrogen and oxygen atoms in total. The number of ketones is 1. The first-order chi connectivity index (χ1) is 15.5. The number of Topliss-reactive ketones (excluding diaryl/α,β-unsaturated/α-hetero) is 1. The minimum atomic E-state index is -0.530. The van der Waals surface area contributed by atoms with Crippen molar-refractivity contribution >= 4 is 17.8 Å². The first-order valence-corrected chi connectivity index (χ1v) is 9.69. The number of carbonyl (C=O) groups excluding carboxylic acids is 2. The monoisotopic (exact) mass is 432 g/mol. The molecule has 0 aromatic heterocycles. The van der Waals surface area contributed by atoms with E-state index in [4.69, 9.17) is 23.7 Å². The molecule has 4 rings (SSSR count). The van der Waals surface area contributed by atoms with E-state index < -0.39 is 5.97 Å². The minimum absolute atomic E-state index is 0.158. The lowest BCUT2D eigenvalue weighted by molar-refractivity contribution is 0.0734. The summed E-state index contributed by atoms with van der Waals surface area (Å²) in [6.45, 7) is 0. The minimum Gasteiger partial charge on any atom is -0.497 e. The Bertz CT molecular complexity index is 1210. The molecule has 1 aliphatic rings. The second-order valence-corrected chi connectivity index (χ2v) is 6.83. The van der Waals surface area contributed by atoms with Crippen LogP contribution in [0.2, 0.25) is 0 Å². The van der Waals surface area contributed by atoms with Crippen LogP contribution in [0.25, 0.3) is 6.08 Å². The number of ether oxygens (including phenoxy) is 5. The van der Waals surface area contributed by atoms with E-state index in [9.17, 15) is 9.59 Å². The van der Waals surface area contributed by atoms with Crippen molar-refractivity contribution in [2.24, 2.45) is 0 Å². The lowest BCUT2D eigenvalue weighted by atomic mass is 10.1. The summed E-state index contributed by atoms with van der Waals surface area (Å²) in [5, 5.41) is 0. The fourth-order valence-corrected chi connectivity index (χ4v) is 3.22. The van der Waals surface area contributed by atoms with Gasteiger partial charge in [0.2, 0.25) is 5.78 Å². The van der Waals surface area contributed by atoms with Gasteiger partial charge in [0.15, 0.2) is 17.3 Å². The predicted octanol–water partition coefficient (Wildman–Crippen LogP) is 4.55. The first-order valence-electron chi connectivity index (χ1n) is 9.69. The van der Waals surface area contributed by atoms with Crippen LogP contribution in [0.4, 0.5) is 0 Å². The quantitative estimate of drug-likeness (QED) is 0.321. The summed E-state index contributed by atoms with van der Waals surface area (Å²) in [5.74, 6) is 1.72. The van der Waals surface area contributed by atoms with E-state index in [0.717, 1.165) is 0 Å². The molecule has 7 heteroatoms. The van der Waals surface area contributed by atoms with Crippen LogP contribution in [0.1, 0.15) is 26.3 Å².